The van der Waals surface area contributed by atoms with Crippen molar-refractivity contribution in [1.29, 1.82) is 0 Å². The van der Waals surface area contributed by atoms with E-state index in [0.29, 0.717) is 11.6 Å². The van der Waals surface area contributed by atoms with Gasteiger partial charge in [-0.3, -0.25) is 9.69 Å². The summed E-state index contributed by atoms with van der Waals surface area (Å²) >= 11 is 1.51. The molecule has 0 bridgehead atoms. The number of carbonyl (C=O) groups excluding carboxylic acids is 1. The Hall–Kier alpha value is -2.18. The van der Waals surface area contributed by atoms with Crippen LogP contribution in [0.25, 0.3) is 10.9 Å². The number of aromatic amines is 1. The number of likely N-dealkylation sites (tertiary alicyclic amines) is 1. The Labute approximate surface area is 157 Å². The molecule has 5 nitrogen and oxygen atoms in total. The van der Waals surface area contributed by atoms with Gasteiger partial charge in [0.15, 0.2) is 5.13 Å². The summed E-state index contributed by atoms with van der Waals surface area (Å²) in [6.07, 6.45) is 4.85. The Bertz CT molecular complexity index is 900. The number of benzene rings is 1. The van der Waals surface area contributed by atoms with E-state index in [2.05, 4.69) is 32.5 Å². The molecule has 0 saturated carbocycles. The largest absolute Gasteiger partial charge is 0.361 e. The summed E-state index contributed by atoms with van der Waals surface area (Å²) in [6, 6.07) is 8.04. The first kappa shape index (κ1) is 17.2. The normalized spacial score (nSPS) is 18.3. The van der Waals surface area contributed by atoms with Gasteiger partial charge >= 0.3 is 0 Å². The van der Waals surface area contributed by atoms with Crippen molar-refractivity contribution < 1.29 is 4.79 Å². The van der Waals surface area contributed by atoms with Crippen LogP contribution < -0.4 is 5.32 Å². The van der Waals surface area contributed by atoms with Gasteiger partial charge in [-0.05, 0) is 36.9 Å². The van der Waals surface area contributed by atoms with Crippen LogP contribution in [-0.4, -0.2) is 33.9 Å². The molecule has 26 heavy (non-hydrogen) atoms. The van der Waals surface area contributed by atoms with Gasteiger partial charge in [0.25, 0.3) is 0 Å². The molecule has 3 heterocycles. The number of rotatable bonds is 5. The molecule has 1 amide bonds. The lowest BCUT2D eigenvalue weighted by molar-refractivity contribution is -0.115. The number of amides is 1. The fourth-order valence-electron chi connectivity index (χ4n) is 3.71. The second-order valence-corrected chi connectivity index (χ2v) is 8.07. The van der Waals surface area contributed by atoms with Crippen LogP contribution in [-0.2, 0) is 17.8 Å². The third kappa shape index (κ3) is 3.97. The lowest BCUT2D eigenvalue weighted by Gasteiger charge is -2.30. The molecule has 1 saturated heterocycles. The van der Waals surface area contributed by atoms with Crippen LogP contribution in [0, 0.1) is 5.92 Å². The second kappa shape index (κ2) is 7.60. The van der Waals surface area contributed by atoms with Crippen LogP contribution in [0.3, 0.4) is 0 Å². The molecule has 1 fully saturated rings. The van der Waals surface area contributed by atoms with Gasteiger partial charge in [-0.1, -0.05) is 25.1 Å². The number of fused-ring (bicyclic) bond motifs is 1. The quantitative estimate of drug-likeness (QED) is 0.714. The van der Waals surface area contributed by atoms with Crippen LogP contribution in [0.5, 0.6) is 0 Å². The smallest absolute Gasteiger partial charge is 0.230 e. The molecular formula is C20H24N4OS. The fourth-order valence-corrected chi connectivity index (χ4v) is 4.43. The third-order valence-corrected chi connectivity index (χ3v) is 5.76. The van der Waals surface area contributed by atoms with E-state index in [0.717, 1.165) is 47.7 Å². The van der Waals surface area contributed by atoms with Gasteiger partial charge in [0.2, 0.25) is 5.91 Å². The van der Waals surface area contributed by atoms with Crippen LogP contribution in [0.15, 0.2) is 35.8 Å². The maximum atomic E-state index is 12.4. The van der Waals surface area contributed by atoms with Crippen LogP contribution in [0.4, 0.5) is 5.13 Å². The van der Waals surface area contributed by atoms with Crippen LogP contribution in [0.2, 0.25) is 0 Å². The summed E-state index contributed by atoms with van der Waals surface area (Å²) in [5.41, 5.74) is 3.12. The number of thiazole rings is 1. The molecule has 0 spiro atoms. The summed E-state index contributed by atoms with van der Waals surface area (Å²) in [5, 5.41) is 6.79. The van der Waals surface area contributed by atoms with Gasteiger partial charge in [0.05, 0.1) is 12.1 Å². The predicted molar refractivity (Wildman–Crippen MR) is 106 cm³/mol. The summed E-state index contributed by atoms with van der Waals surface area (Å²) in [6.45, 7) is 5.46. The minimum absolute atomic E-state index is 0.0257. The van der Waals surface area contributed by atoms with Crippen molar-refractivity contribution in [3.8, 4) is 0 Å². The van der Waals surface area contributed by atoms with Gasteiger partial charge in [-0.15, -0.1) is 11.3 Å². The number of nitrogens with one attached hydrogen (secondary N) is 2. The lowest BCUT2D eigenvalue weighted by atomic mass is 10.0. The number of carbonyl (C=O) groups is 1. The standard InChI is InChI=1S/C20H24N4OS/c1-14-5-4-8-24(11-14)12-16-13-26-20(22-16)23-19(25)9-15-10-21-18-7-3-2-6-17(15)18/h2-3,6-7,10,13-14,21H,4-5,8-9,11-12H2,1H3,(H,22,23,25)/t14-/m0/s1. The van der Waals surface area contributed by atoms with E-state index in [-0.39, 0.29) is 5.91 Å². The van der Waals surface area contributed by atoms with Crippen molar-refractivity contribution in [1.82, 2.24) is 14.9 Å². The Morgan fingerprint density at radius 3 is 3.19 bits per heavy atom. The number of aromatic nitrogens is 2. The first-order valence-corrected chi connectivity index (χ1v) is 10.1. The van der Waals surface area contributed by atoms with Gasteiger partial charge in [0, 0.05) is 35.6 Å². The van der Waals surface area contributed by atoms with Gasteiger partial charge < -0.3 is 10.3 Å². The first-order chi connectivity index (χ1) is 12.7. The molecule has 2 aromatic heterocycles. The van der Waals surface area contributed by atoms with E-state index in [4.69, 9.17) is 0 Å². The van der Waals surface area contributed by atoms with Crippen molar-refractivity contribution in [2.45, 2.75) is 32.7 Å². The molecule has 1 aliphatic heterocycles. The Balaban J connectivity index is 1.35. The number of para-hydroxylation sites is 1. The molecular weight excluding hydrogens is 344 g/mol. The Morgan fingerprint density at radius 1 is 1.42 bits per heavy atom. The molecule has 136 valence electrons. The van der Waals surface area contributed by atoms with Crippen molar-refractivity contribution in [2.24, 2.45) is 5.92 Å². The number of nitrogens with zero attached hydrogens (tertiary/aromatic N) is 2. The van der Waals surface area contributed by atoms with E-state index in [1.54, 1.807) is 0 Å². The van der Waals surface area contributed by atoms with E-state index >= 15 is 0 Å². The van der Waals surface area contributed by atoms with Crippen molar-refractivity contribution in [3.63, 3.8) is 0 Å². The number of hydrogen-bond acceptors (Lipinski definition) is 4. The van der Waals surface area contributed by atoms with Crippen molar-refractivity contribution in [3.05, 3.63) is 47.1 Å². The topological polar surface area (TPSA) is 61.0 Å². The highest BCUT2D eigenvalue weighted by Gasteiger charge is 2.17. The molecule has 3 aromatic rings. The molecule has 0 radical (unpaired) electrons. The zero-order valence-electron chi connectivity index (χ0n) is 15.0. The average molecular weight is 369 g/mol. The Morgan fingerprint density at radius 2 is 2.31 bits per heavy atom. The van der Waals surface area contributed by atoms with Crippen LogP contribution in [0.1, 0.15) is 31.0 Å². The molecule has 2 N–H and O–H groups in total. The molecule has 1 aliphatic rings. The van der Waals surface area contributed by atoms with E-state index in [9.17, 15) is 4.79 Å². The van der Waals surface area contributed by atoms with Crippen LogP contribution >= 0.6 is 11.3 Å². The van der Waals surface area contributed by atoms with Gasteiger partial charge in [0.1, 0.15) is 0 Å². The number of hydrogen-bond donors (Lipinski definition) is 2. The lowest BCUT2D eigenvalue weighted by Crippen LogP contribution is -2.33. The number of anilines is 1. The SMILES string of the molecule is C[C@H]1CCCN(Cc2csc(NC(=O)Cc3c[nH]c4ccccc34)n2)C1. The summed E-state index contributed by atoms with van der Waals surface area (Å²) in [7, 11) is 0. The predicted octanol–water partition coefficient (Wildman–Crippen LogP) is 4.04. The molecule has 1 atom stereocenters. The Kier molecular flexibility index (Phi) is 5.04. The van der Waals surface area contributed by atoms with Crippen molar-refractivity contribution in [2.75, 3.05) is 18.4 Å². The highest BCUT2D eigenvalue weighted by atomic mass is 32.1. The van der Waals surface area contributed by atoms with E-state index < -0.39 is 0 Å². The third-order valence-electron chi connectivity index (χ3n) is 4.95. The summed E-state index contributed by atoms with van der Waals surface area (Å²) in [5.74, 6) is 0.736. The molecule has 6 heteroatoms. The zero-order valence-corrected chi connectivity index (χ0v) is 15.8. The minimum Gasteiger partial charge on any atom is -0.361 e. The molecule has 0 unspecified atom stereocenters. The highest BCUT2D eigenvalue weighted by molar-refractivity contribution is 7.13. The van der Waals surface area contributed by atoms with E-state index in [1.807, 2.05) is 30.5 Å². The van der Waals surface area contributed by atoms with Gasteiger partial charge in [-0.25, -0.2) is 4.98 Å². The summed E-state index contributed by atoms with van der Waals surface area (Å²) in [4.78, 5) is 22.7. The molecule has 0 aliphatic carbocycles. The van der Waals surface area contributed by atoms with E-state index in [1.165, 1.54) is 24.2 Å². The number of H-pyrrole nitrogens is 1. The highest BCUT2D eigenvalue weighted by Crippen LogP contribution is 2.22. The van der Waals surface area contributed by atoms with Crippen molar-refractivity contribution >= 4 is 33.3 Å². The maximum absolute atomic E-state index is 12.4. The summed E-state index contributed by atoms with van der Waals surface area (Å²) < 4.78 is 0. The second-order valence-electron chi connectivity index (χ2n) is 7.21. The maximum Gasteiger partial charge on any atom is 0.230 e. The average Bonchev–Trinajstić information content (AvgIpc) is 3.22. The first-order valence-electron chi connectivity index (χ1n) is 9.19. The fraction of sp³-hybridized carbons (Fsp3) is 0.400. The number of piperidine rings is 1. The van der Waals surface area contributed by atoms with Gasteiger partial charge in [-0.2, -0.15) is 0 Å². The molecule has 1 aromatic carbocycles. The monoisotopic (exact) mass is 368 g/mol. The molecule has 4 rings (SSSR count). The minimum atomic E-state index is -0.0257. The zero-order chi connectivity index (χ0) is 17.9.